The van der Waals surface area contributed by atoms with Gasteiger partial charge in [-0.3, -0.25) is 19.4 Å². The van der Waals surface area contributed by atoms with Crippen LogP contribution in [0.4, 0.5) is 4.39 Å². The zero-order chi connectivity index (χ0) is 47.9. The number of rotatable bonds is 6. The third kappa shape index (κ3) is 12.2. The smallest absolute Gasteiger partial charge is 0.193 e. The molecule has 8 aromatic rings. The van der Waals surface area contributed by atoms with Crippen molar-refractivity contribution in [1.82, 2.24) is 19.8 Å². The van der Waals surface area contributed by atoms with Crippen LogP contribution < -0.4 is 10.9 Å². The largest absolute Gasteiger partial charge is 0.459 e. The van der Waals surface area contributed by atoms with E-state index in [4.69, 9.17) is 32.0 Å². The average Bonchev–Trinajstić information content (AvgIpc) is 3.35. The lowest BCUT2D eigenvalue weighted by atomic mass is 9.94. The van der Waals surface area contributed by atoms with Crippen molar-refractivity contribution in [3.05, 3.63) is 198 Å². The molecule has 2 aliphatic rings. The molecule has 1 N–H and O–H groups in total. The molecule has 6 heterocycles. The number of halogens is 3. The van der Waals surface area contributed by atoms with Crippen LogP contribution in [0.5, 0.6) is 0 Å². The number of hydrogen-bond acceptors (Lipinski definition) is 9. The van der Waals surface area contributed by atoms with Crippen molar-refractivity contribution in [2.24, 2.45) is 0 Å². The predicted octanol–water partition coefficient (Wildman–Crippen LogP) is 11.3. The second kappa shape index (κ2) is 21.2. The van der Waals surface area contributed by atoms with E-state index in [0.717, 1.165) is 54.2 Å². The molecule has 2 saturated heterocycles. The first kappa shape index (κ1) is 47.2. The van der Waals surface area contributed by atoms with Crippen LogP contribution in [0.3, 0.4) is 0 Å². The lowest BCUT2D eigenvalue weighted by Crippen LogP contribution is -2.42. The fourth-order valence-electron chi connectivity index (χ4n) is 8.35. The second-order valence-electron chi connectivity index (χ2n) is 17.7. The number of pyridine rings is 2. The number of hydrogen-bond donors (Lipinski definition) is 1. The third-order valence-corrected chi connectivity index (χ3v) is 12.8. The van der Waals surface area contributed by atoms with Crippen molar-refractivity contribution in [2.75, 3.05) is 26.2 Å². The van der Waals surface area contributed by atoms with Crippen LogP contribution in [0.25, 0.3) is 44.2 Å². The van der Waals surface area contributed by atoms with E-state index >= 15 is 0 Å². The monoisotopic (exact) mass is 956 g/mol. The Morgan fingerprint density at radius 2 is 1.10 bits per heavy atom. The lowest BCUT2D eigenvalue weighted by molar-refractivity contribution is -0.00869. The average molecular weight is 958 g/mol. The van der Waals surface area contributed by atoms with Crippen LogP contribution in [0.15, 0.2) is 146 Å². The molecule has 0 spiro atoms. The maximum absolute atomic E-state index is 14.6. The third-order valence-electron chi connectivity index (χ3n) is 12.3. The molecule has 69 heavy (non-hydrogen) atoms. The van der Waals surface area contributed by atoms with Crippen LogP contribution in [0.2, 0.25) is 10.0 Å². The van der Waals surface area contributed by atoms with Gasteiger partial charge < -0.3 is 13.9 Å². The van der Waals surface area contributed by atoms with Gasteiger partial charge in [0.1, 0.15) is 34.1 Å². The summed E-state index contributed by atoms with van der Waals surface area (Å²) >= 11 is 11.9. The minimum atomic E-state index is -0.630. The topological polar surface area (TPSA) is 113 Å². The molecule has 0 unspecified atom stereocenters. The normalized spacial score (nSPS) is 14.8. The minimum Gasteiger partial charge on any atom is -0.459 e. The summed E-state index contributed by atoms with van der Waals surface area (Å²) in [7, 11) is 0. The van der Waals surface area contributed by atoms with Gasteiger partial charge in [0.15, 0.2) is 16.7 Å². The Bertz CT molecular complexity index is 3390. The molecule has 10 rings (SSSR count). The quantitative estimate of drug-likeness (QED) is 0.163. The first-order valence-corrected chi connectivity index (χ1v) is 23.6. The highest BCUT2D eigenvalue weighted by Crippen LogP contribution is 2.26. The maximum atomic E-state index is 14.6. The Kier molecular flexibility index (Phi) is 14.5. The Morgan fingerprint density at radius 1 is 0.594 bits per heavy atom. The van der Waals surface area contributed by atoms with Crippen molar-refractivity contribution in [1.29, 1.82) is 0 Å². The summed E-state index contributed by atoms with van der Waals surface area (Å²) in [5, 5.41) is 12.4. The molecule has 4 aromatic heterocycles. The highest BCUT2D eigenvalue weighted by atomic mass is 35.5. The molecular formula is C57H47Cl2FN4O5. The van der Waals surface area contributed by atoms with Crippen molar-refractivity contribution in [3.8, 4) is 45.9 Å². The van der Waals surface area contributed by atoms with Gasteiger partial charge in [-0.1, -0.05) is 71.8 Å². The molecule has 0 bridgehead atoms. The molecule has 2 fully saturated rings. The standard InChI is InChI=1S/C29H24ClFN2O3.C28H23ClN2O2/c1-29(35)10-12-33(13-11-29)18-23-16-27(34)24-14-19(3-9-28(24)36-23)2-8-26-25(31)15-21(17-32-26)20-4-6-22(30)7-5-20;29-23-9-6-21(7-10-23)22-8-12-24(30-18-22)11-4-20-5-13-28-26(16-20)27(32)17-25(33-28)19-31-14-2-1-3-15-31/h3-7,9,14-17,35H,10-13,18H2,1H3;5-10,12-13,16-18H,1-3,14-15,19H2. The van der Waals surface area contributed by atoms with Crippen LogP contribution in [0.1, 0.15) is 73.1 Å². The van der Waals surface area contributed by atoms with Crippen LogP contribution in [-0.4, -0.2) is 56.7 Å². The van der Waals surface area contributed by atoms with Gasteiger partial charge in [0.25, 0.3) is 0 Å². The van der Waals surface area contributed by atoms with E-state index in [-0.39, 0.29) is 16.6 Å². The van der Waals surface area contributed by atoms with Gasteiger partial charge in [-0.2, -0.15) is 0 Å². The molecular weight excluding hydrogens is 911 g/mol. The Balaban J connectivity index is 0.000000172. The summed E-state index contributed by atoms with van der Waals surface area (Å²) < 4.78 is 26.6. The first-order chi connectivity index (χ1) is 33.4. The SMILES string of the molecule is CC1(O)CCN(Cc2cc(=O)c3cc(C#Cc4ncc(-c5ccc(Cl)cc5)cc4F)ccc3o2)CC1.O=c1cc(CN2CCCCC2)oc2ccc(C#Cc3ccc(-c4ccc(Cl)cc4)cn3)cc12. The summed E-state index contributed by atoms with van der Waals surface area (Å²) in [6.45, 7) is 6.66. The summed E-state index contributed by atoms with van der Waals surface area (Å²) in [6.07, 6.45) is 8.43. The number of likely N-dealkylation sites (tertiary alicyclic amines) is 2. The fraction of sp³-hybridized carbons (Fsp3) is 0.228. The highest BCUT2D eigenvalue weighted by molar-refractivity contribution is 6.30. The number of aliphatic hydroxyl groups is 1. The molecule has 346 valence electrons. The van der Waals surface area contributed by atoms with E-state index in [1.165, 1.54) is 31.4 Å². The van der Waals surface area contributed by atoms with Gasteiger partial charge >= 0.3 is 0 Å². The van der Waals surface area contributed by atoms with Gasteiger partial charge in [-0.25, -0.2) is 14.4 Å². The number of nitrogens with zero attached hydrogens (tertiary/aromatic N) is 4. The van der Waals surface area contributed by atoms with Gasteiger partial charge in [-0.15, -0.1) is 0 Å². The molecule has 9 nitrogen and oxygen atoms in total. The highest BCUT2D eigenvalue weighted by Gasteiger charge is 2.27. The summed E-state index contributed by atoms with van der Waals surface area (Å²) in [6, 6.07) is 33.7. The van der Waals surface area contributed by atoms with Gasteiger partial charge in [0, 0.05) is 69.9 Å². The van der Waals surface area contributed by atoms with Crippen molar-refractivity contribution in [2.45, 2.75) is 57.7 Å². The van der Waals surface area contributed by atoms with Crippen LogP contribution in [0, 0.1) is 29.5 Å². The van der Waals surface area contributed by atoms with E-state index in [1.54, 1.807) is 67.0 Å². The van der Waals surface area contributed by atoms with Gasteiger partial charge in [0.2, 0.25) is 0 Å². The second-order valence-corrected chi connectivity index (χ2v) is 18.6. The molecule has 0 radical (unpaired) electrons. The lowest BCUT2D eigenvalue weighted by Gasteiger charge is -2.35. The van der Waals surface area contributed by atoms with Crippen LogP contribution in [-0.2, 0) is 13.1 Å². The zero-order valence-electron chi connectivity index (χ0n) is 37.9. The first-order valence-electron chi connectivity index (χ1n) is 22.9. The Labute approximate surface area is 409 Å². The van der Waals surface area contributed by atoms with E-state index < -0.39 is 11.4 Å². The Morgan fingerprint density at radius 3 is 1.64 bits per heavy atom. The van der Waals surface area contributed by atoms with Crippen molar-refractivity contribution in [3.63, 3.8) is 0 Å². The minimum absolute atomic E-state index is 0.0238. The summed E-state index contributed by atoms with van der Waals surface area (Å²) in [5.41, 5.74) is 5.74. The maximum Gasteiger partial charge on any atom is 0.193 e. The number of fused-ring (bicyclic) bond motifs is 2. The van der Waals surface area contributed by atoms with E-state index in [1.807, 2.05) is 55.5 Å². The number of benzene rings is 4. The van der Waals surface area contributed by atoms with Crippen molar-refractivity contribution < 1.29 is 18.3 Å². The van der Waals surface area contributed by atoms with E-state index in [9.17, 15) is 19.1 Å². The summed E-state index contributed by atoms with van der Waals surface area (Å²) in [5.74, 6) is 12.6. The number of piperidine rings is 2. The molecule has 0 amide bonds. The van der Waals surface area contributed by atoms with Crippen molar-refractivity contribution >= 4 is 45.1 Å². The summed E-state index contributed by atoms with van der Waals surface area (Å²) in [4.78, 5) is 38.6. The molecule has 0 atom stereocenters. The zero-order valence-corrected chi connectivity index (χ0v) is 39.4. The molecule has 0 saturated carbocycles. The van der Waals surface area contributed by atoms with Crippen LogP contribution >= 0.6 is 23.2 Å². The molecule has 4 aromatic carbocycles. The molecule has 12 heteroatoms. The molecule has 2 aliphatic heterocycles. The van der Waals surface area contributed by atoms with E-state index in [2.05, 4.69) is 43.4 Å². The molecule has 0 aliphatic carbocycles. The van der Waals surface area contributed by atoms with Gasteiger partial charge in [0.05, 0.1) is 29.5 Å². The van der Waals surface area contributed by atoms with Gasteiger partial charge in [-0.05, 0) is 141 Å². The number of aromatic nitrogens is 2. The Hall–Kier alpha value is -6.89. The predicted molar refractivity (Wildman–Crippen MR) is 271 cm³/mol. The fourth-order valence-corrected chi connectivity index (χ4v) is 8.61. The van der Waals surface area contributed by atoms with E-state index in [0.29, 0.717) is 80.5 Å².